The number of alkyl halides is 3. The number of hydrogen-bond acceptors (Lipinski definition) is 4. The molecule has 4 rings (SSSR count). The number of anilines is 1. The van der Waals surface area contributed by atoms with Crippen molar-refractivity contribution in [2.75, 3.05) is 50.7 Å². The second-order valence-electron chi connectivity index (χ2n) is 9.30. The molecule has 0 aromatic heterocycles. The molecule has 2 aliphatic heterocycles. The number of halogens is 4. The van der Waals surface area contributed by atoms with Crippen molar-refractivity contribution in [1.29, 1.82) is 0 Å². The van der Waals surface area contributed by atoms with Gasteiger partial charge in [0, 0.05) is 67.8 Å². The lowest BCUT2D eigenvalue weighted by atomic mass is 9.91. The first kappa shape index (κ1) is 28.7. The average molecular weight is 542 g/mol. The summed E-state index contributed by atoms with van der Waals surface area (Å²) in [6.07, 6.45) is 3.32. The van der Waals surface area contributed by atoms with Gasteiger partial charge in [0.25, 0.3) is 0 Å². The maximum Gasteiger partial charge on any atom is 0.446 e. The van der Waals surface area contributed by atoms with E-state index in [-0.39, 0.29) is 30.0 Å². The van der Waals surface area contributed by atoms with Crippen LogP contribution in [0.1, 0.15) is 32.3 Å². The van der Waals surface area contributed by atoms with Gasteiger partial charge in [-0.15, -0.1) is 0 Å². The number of thioether (sulfide) groups is 1. The Bertz CT molecular complexity index is 964. The van der Waals surface area contributed by atoms with Crippen LogP contribution in [0.5, 0.6) is 0 Å². The number of piperidine rings is 1. The first-order chi connectivity index (χ1) is 16.7. The van der Waals surface area contributed by atoms with E-state index in [0.717, 1.165) is 75.7 Å². The van der Waals surface area contributed by atoms with Crippen molar-refractivity contribution < 1.29 is 18.0 Å². The molecule has 0 unspecified atom stereocenters. The molecule has 2 aliphatic rings. The quantitative estimate of drug-likeness (QED) is 0.370. The van der Waals surface area contributed by atoms with Crippen molar-refractivity contribution in [2.24, 2.45) is 5.92 Å². The van der Waals surface area contributed by atoms with Gasteiger partial charge in [0.05, 0.1) is 0 Å². The third-order valence-electron chi connectivity index (χ3n) is 6.76. The van der Waals surface area contributed by atoms with E-state index in [2.05, 4.69) is 9.80 Å². The molecule has 2 fully saturated rings. The van der Waals surface area contributed by atoms with Gasteiger partial charge in [0.2, 0.25) is 5.91 Å². The van der Waals surface area contributed by atoms with Crippen molar-refractivity contribution >= 4 is 35.0 Å². The molecule has 4 nitrogen and oxygen atoms in total. The molecule has 198 valence electrons. The lowest BCUT2D eigenvalue weighted by Crippen LogP contribution is -2.48. The maximum atomic E-state index is 12.9. The number of rotatable bonds is 7. The van der Waals surface area contributed by atoms with E-state index in [1.54, 1.807) is 12.1 Å². The van der Waals surface area contributed by atoms with Gasteiger partial charge in [0.1, 0.15) is 0 Å². The number of likely N-dealkylation sites (tertiary alicyclic amines) is 1. The van der Waals surface area contributed by atoms with E-state index in [0.29, 0.717) is 12.3 Å². The Kier molecular flexibility index (Phi) is 10.4. The minimum absolute atomic E-state index is 0. The van der Waals surface area contributed by atoms with E-state index >= 15 is 0 Å². The van der Waals surface area contributed by atoms with Crippen LogP contribution in [0.3, 0.4) is 0 Å². The predicted octanol–water partition coefficient (Wildman–Crippen LogP) is 6.58. The van der Waals surface area contributed by atoms with Crippen LogP contribution in [-0.2, 0) is 11.2 Å². The minimum atomic E-state index is -4.27. The average Bonchev–Trinajstić information content (AvgIpc) is 2.84. The zero-order valence-corrected chi connectivity index (χ0v) is 21.2. The van der Waals surface area contributed by atoms with Crippen molar-refractivity contribution in [1.82, 2.24) is 9.80 Å². The van der Waals surface area contributed by atoms with E-state index in [1.807, 2.05) is 29.2 Å². The van der Waals surface area contributed by atoms with Gasteiger partial charge in [-0.3, -0.25) is 9.69 Å². The Hall–Kier alpha value is -1.90. The highest BCUT2D eigenvalue weighted by molar-refractivity contribution is 8.00. The lowest BCUT2D eigenvalue weighted by Gasteiger charge is -2.37. The fourth-order valence-electron chi connectivity index (χ4n) is 4.91. The van der Waals surface area contributed by atoms with E-state index in [4.69, 9.17) is 11.6 Å². The zero-order chi connectivity index (χ0) is 24.8. The van der Waals surface area contributed by atoms with Crippen molar-refractivity contribution in [3.05, 3.63) is 59.1 Å². The summed E-state index contributed by atoms with van der Waals surface area (Å²) < 4.78 is 37.6. The molecule has 2 heterocycles. The highest BCUT2D eigenvalue weighted by atomic mass is 35.5. The van der Waals surface area contributed by atoms with Crippen molar-refractivity contribution in [2.45, 2.75) is 43.5 Å². The van der Waals surface area contributed by atoms with Crippen LogP contribution in [0.25, 0.3) is 0 Å². The highest BCUT2D eigenvalue weighted by Crippen LogP contribution is 2.37. The Balaban J connectivity index is 0.00000361. The molecule has 1 amide bonds. The number of carbonyl (C=O) groups is 1. The third kappa shape index (κ3) is 8.60. The monoisotopic (exact) mass is 541 g/mol. The van der Waals surface area contributed by atoms with Gasteiger partial charge in [-0.25, -0.2) is 0 Å². The number of piperazine rings is 1. The standard InChI is InChI=1S/C26H31ClF3N3OS.CH4/c27-22-5-7-23(8-6-22)32-16-14-31(15-17-32)13-11-25(34)33-12-1-2-21(19-33)18-20-3-9-24(10-4-20)35-26(28,29)30;/h3-10,21H,1-2,11-19H2;1H4/t21-;/m1./s1. The molecule has 0 saturated carbocycles. The van der Waals surface area contributed by atoms with Crippen molar-refractivity contribution in [3.8, 4) is 0 Å². The fourth-order valence-corrected chi connectivity index (χ4v) is 5.58. The van der Waals surface area contributed by atoms with Crippen LogP contribution in [0, 0.1) is 5.92 Å². The number of hydrogen-bond donors (Lipinski definition) is 0. The summed E-state index contributed by atoms with van der Waals surface area (Å²) in [5.41, 5.74) is -2.07. The molecule has 2 aromatic carbocycles. The molecule has 9 heteroatoms. The molecular weight excluding hydrogens is 507 g/mol. The summed E-state index contributed by atoms with van der Waals surface area (Å²) >= 11 is 5.90. The second kappa shape index (κ2) is 13.1. The number of carbonyl (C=O) groups excluding carboxylic acids is 1. The van der Waals surface area contributed by atoms with E-state index < -0.39 is 5.51 Å². The minimum Gasteiger partial charge on any atom is -0.369 e. The third-order valence-corrected chi connectivity index (χ3v) is 7.75. The van der Waals surface area contributed by atoms with E-state index in [1.165, 1.54) is 17.8 Å². The maximum absolute atomic E-state index is 12.9. The molecule has 0 bridgehead atoms. The van der Waals surface area contributed by atoms with Crippen LogP contribution < -0.4 is 4.90 Å². The zero-order valence-electron chi connectivity index (χ0n) is 19.6. The molecule has 0 N–H and O–H groups in total. The van der Waals surface area contributed by atoms with Gasteiger partial charge in [0.15, 0.2) is 0 Å². The summed E-state index contributed by atoms with van der Waals surface area (Å²) in [6, 6.07) is 14.5. The number of benzene rings is 2. The Morgan fingerprint density at radius 3 is 2.28 bits per heavy atom. The Morgan fingerprint density at radius 2 is 1.64 bits per heavy atom. The summed E-state index contributed by atoms with van der Waals surface area (Å²) in [6.45, 7) is 6.02. The normalized spacial score (nSPS) is 19.2. The van der Waals surface area contributed by atoms with Crippen LogP contribution in [0.15, 0.2) is 53.4 Å². The molecule has 0 aliphatic carbocycles. The first-order valence-corrected chi connectivity index (χ1v) is 13.3. The summed E-state index contributed by atoms with van der Waals surface area (Å²) in [5, 5.41) is 0.740. The molecule has 36 heavy (non-hydrogen) atoms. The molecule has 2 aromatic rings. The summed E-state index contributed by atoms with van der Waals surface area (Å²) in [5.74, 6) is 0.545. The van der Waals surface area contributed by atoms with Gasteiger partial charge < -0.3 is 9.80 Å². The largest absolute Gasteiger partial charge is 0.446 e. The molecular formula is C27H35ClF3N3OS. The van der Waals surface area contributed by atoms with Crippen LogP contribution in [0.2, 0.25) is 5.02 Å². The fraction of sp³-hybridized carbons (Fsp3) is 0.519. The van der Waals surface area contributed by atoms with Gasteiger partial charge in [-0.05, 0) is 78.9 Å². The Morgan fingerprint density at radius 1 is 0.972 bits per heavy atom. The van der Waals surface area contributed by atoms with E-state index in [9.17, 15) is 18.0 Å². The summed E-state index contributed by atoms with van der Waals surface area (Å²) in [4.78, 5) is 19.8. The summed E-state index contributed by atoms with van der Waals surface area (Å²) in [7, 11) is 0. The molecule has 2 saturated heterocycles. The molecule has 0 spiro atoms. The van der Waals surface area contributed by atoms with Crippen LogP contribution in [0.4, 0.5) is 18.9 Å². The molecule has 1 atom stereocenters. The predicted molar refractivity (Wildman–Crippen MR) is 143 cm³/mol. The van der Waals surface area contributed by atoms with Gasteiger partial charge in [-0.2, -0.15) is 13.2 Å². The molecule has 0 radical (unpaired) electrons. The lowest BCUT2D eigenvalue weighted by molar-refractivity contribution is -0.133. The van der Waals surface area contributed by atoms with Gasteiger partial charge in [-0.1, -0.05) is 31.2 Å². The first-order valence-electron chi connectivity index (χ1n) is 12.1. The van der Waals surface area contributed by atoms with Crippen LogP contribution in [-0.4, -0.2) is 67.0 Å². The number of amides is 1. The smallest absolute Gasteiger partial charge is 0.369 e. The SMILES string of the molecule is C.O=C(CCN1CCN(c2ccc(Cl)cc2)CC1)N1CCC[C@H](Cc2ccc(SC(F)(F)F)cc2)C1. The topological polar surface area (TPSA) is 26.8 Å². The van der Waals surface area contributed by atoms with Gasteiger partial charge >= 0.3 is 5.51 Å². The highest BCUT2D eigenvalue weighted by Gasteiger charge is 2.29. The number of nitrogens with zero attached hydrogens (tertiary/aromatic N) is 3. The second-order valence-corrected chi connectivity index (χ2v) is 10.9. The Labute approximate surface area is 221 Å². The van der Waals surface area contributed by atoms with Crippen LogP contribution >= 0.6 is 23.4 Å². The van der Waals surface area contributed by atoms with Crippen molar-refractivity contribution in [3.63, 3.8) is 0 Å².